The summed E-state index contributed by atoms with van der Waals surface area (Å²) in [6.07, 6.45) is 0.441. The van der Waals surface area contributed by atoms with Gasteiger partial charge in [-0.3, -0.25) is 4.79 Å². The molecule has 0 aliphatic rings. The van der Waals surface area contributed by atoms with Crippen molar-refractivity contribution in [1.29, 1.82) is 5.26 Å². The fourth-order valence-electron chi connectivity index (χ4n) is 1.74. The second-order valence-electron chi connectivity index (χ2n) is 5.13. The molecule has 1 unspecified atom stereocenters. The van der Waals surface area contributed by atoms with Gasteiger partial charge in [0.1, 0.15) is 5.92 Å². The summed E-state index contributed by atoms with van der Waals surface area (Å²) in [5, 5.41) is 11.8. The standard InChI is InChI=1S/C16H22N2O2/c1-13(2)12-20-9-8-18-16(19)15(11-17)10-14-6-4-3-5-7-14/h3-7,13,15H,8-10,12H2,1-2H3,(H,18,19). The molecular formula is C16H22N2O2. The van der Waals surface area contributed by atoms with Crippen LogP contribution >= 0.6 is 0 Å². The monoisotopic (exact) mass is 274 g/mol. The van der Waals surface area contributed by atoms with Crippen molar-refractivity contribution >= 4 is 5.91 Å². The van der Waals surface area contributed by atoms with Crippen LogP contribution in [0.15, 0.2) is 30.3 Å². The molecule has 0 aromatic heterocycles. The van der Waals surface area contributed by atoms with Crippen LogP contribution in [0.5, 0.6) is 0 Å². The lowest BCUT2D eigenvalue weighted by Gasteiger charge is -2.11. The van der Waals surface area contributed by atoms with E-state index >= 15 is 0 Å². The van der Waals surface area contributed by atoms with Gasteiger partial charge in [0.15, 0.2) is 0 Å². The van der Waals surface area contributed by atoms with Crippen molar-refractivity contribution in [2.45, 2.75) is 20.3 Å². The third-order valence-corrected chi connectivity index (χ3v) is 2.75. The van der Waals surface area contributed by atoms with Crippen molar-refractivity contribution in [3.05, 3.63) is 35.9 Å². The van der Waals surface area contributed by atoms with E-state index in [1.54, 1.807) is 0 Å². The molecule has 1 amide bonds. The molecule has 1 N–H and O–H groups in total. The summed E-state index contributed by atoms with van der Waals surface area (Å²) in [5.74, 6) is -0.400. The minimum Gasteiger partial charge on any atom is -0.379 e. The van der Waals surface area contributed by atoms with Crippen molar-refractivity contribution in [2.75, 3.05) is 19.8 Å². The Bertz CT molecular complexity index is 438. The summed E-state index contributed by atoms with van der Waals surface area (Å²) >= 11 is 0. The zero-order valence-electron chi connectivity index (χ0n) is 12.1. The largest absolute Gasteiger partial charge is 0.379 e. The maximum absolute atomic E-state index is 11.9. The highest BCUT2D eigenvalue weighted by molar-refractivity contribution is 5.81. The first kappa shape index (κ1) is 16.2. The van der Waals surface area contributed by atoms with E-state index in [1.807, 2.05) is 30.3 Å². The number of ether oxygens (including phenoxy) is 1. The summed E-state index contributed by atoms with van der Waals surface area (Å²) in [6, 6.07) is 11.6. The van der Waals surface area contributed by atoms with E-state index < -0.39 is 5.92 Å². The third kappa shape index (κ3) is 6.35. The van der Waals surface area contributed by atoms with Crippen LogP contribution in [0, 0.1) is 23.2 Å². The Labute approximate surface area is 120 Å². The van der Waals surface area contributed by atoms with E-state index in [4.69, 9.17) is 10.00 Å². The molecule has 1 atom stereocenters. The predicted octanol–water partition coefficient (Wildman–Crippen LogP) is 2.16. The smallest absolute Gasteiger partial charge is 0.237 e. The molecule has 0 aliphatic carbocycles. The molecule has 4 nitrogen and oxygen atoms in total. The second kappa shape index (κ2) is 9.11. The van der Waals surface area contributed by atoms with E-state index in [0.29, 0.717) is 32.1 Å². The second-order valence-corrected chi connectivity index (χ2v) is 5.13. The molecular weight excluding hydrogens is 252 g/mol. The van der Waals surface area contributed by atoms with Crippen LogP contribution in [0.25, 0.3) is 0 Å². The molecule has 0 saturated heterocycles. The van der Waals surface area contributed by atoms with Crippen LogP contribution in [0.3, 0.4) is 0 Å². The number of nitriles is 1. The SMILES string of the molecule is CC(C)COCCNC(=O)C(C#N)Cc1ccccc1. The number of carbonyl (C=O) groups is 1. The molecule has 108 valence electrons. The van der Waals surface area contributed by atoms with E-state index in [0.717, 1.165) is 5.56 Å². The van der Waals surface area contributed by atoms with E-state index in [-0.39, 0.29) is 5.91 Å². The Kier molecular flexibility index (Phi) is 7.38. The number of nitrogens with zero attached hydrogens (tertiary/aromatic N) is 1. The van der Waals surface area contributed by atoms with Crippen molar-refractivity contribution in [3.8, 4) is 6.07 Å². The summed E-state index contributed by atoms with van der Waals surface area (Å²) in [6.45, 7) is 5.75. The lowest BCUT2D eigenvalue weighted by atomic mass is 10.00. The van der Waals surface area contributed by atoms with Gasteiger partial charge in [0, 0.05) is 13.2 Å². The van der Waals surface area contributed by atoms with Crippen LogP contribution in [-0.4, -0.2) is 25.7 Å². The highest BCUT2D eigenvalue weighted by Crippen LogP contribution is 2.08. The third-order valence-electron chi connectivity index (χ3n) is 2.75. The predicted molar refractivity (Wildman–Crippen MR) is 77.9 cm³/mol. The van der Waals surface area contributed by atoms with Crippen molar-refractivity contribution in [2.24, 2.45) is 11.8 Å². The summed E-state index contributed by atoms with van der Waals surface area (Å²) in [5.41, 5.74) is 0.991. The molecule has 0 fully saturated rings. The van der Waals surface area contributed by atoms with Crippen molar-refractivity contribution in [3.63, 3.8) is 0 Å². The Hall–Kier alpha value is -1.86. The van der Waals surface area contributed by atoms with Gasteiger partial charge in [-0.25, -0.2) is 0 Å². The van der Waals surface area contributed by atoms with E-state index in [9.17, 15) is 4.79 Å². The quantitative estimate of drug-likeness (QED) is 0.739. The normalized spacial score (nSPS) is 11.9. The van der Waals surface area contributed by atoms with Gasteiger partial charge in [-0.05, 0) is 17.9 Å². The fourth-order valence-corrected chi connectivity index (χ4v) is 1.74. The van der Waals surface area contributed by atoms with Gasteiger partial charge < -0.3 is 10.1 Å². The number of nitrogens with one attached hydrogen (secondary N) is 1. The number of amides is 1. The minimum absolute atomic E-state index is 0.232. The molecule has 0 spiro atoms. The highest BCUT2D eigenvalue weighted by Gasteiger charge is 2.17. The van der Waals surface area contributed by atoms with Gasteiger partial charge in [0.05, 0.1) is 12.7 Å². The fraction of sp³-hybridized carbons (Fsp3) is 0.500. The molecule has 0 aliphatic heterocycles. The number of carbonyl (C=O) groups excluding carboxylic acids is 1. The molecule has 1 aromatic rings. The van der Waals surface area contributed by atoms with E-state index in [2.05, 4.69) is 25.2 Å². The molecule has 0 saturated carbocycles. The minimum atomic E-state index is -0.650. The van der Waals surface area contributed by atoms with Crippen molar-refractivity contribution in [1.82, 2.24) is 5.32 Å². The molecule has 0 bridgehead atoms. The lowest BCUT2D eigenvalue weighted by Crippen LogP contribution is -2.33. The molecule has 1 aromatic carbocycles. The molecule has 4 heteroatoms. The van der Waals surface area contributed by atoms with Gasteiger partial charge in [0.25, 0.3) is 0 Å². The average molecular weight is 274 g/mol. The Morgan fingerprint density at radius 3 is 2.65 bits per heavy atom. The first-order chi connectivity index (χ1) is 9.63. The van der Waals surface area contributed by atoms with Gasteiger partial charge >= 0.3 is 0 Å². The first-order valence-electron chi connectivity index (χ1n) is 6.92. The van der Waals surface area contributed by atoms with Gasteiger partial charge in [-0.1, -0.05) is 44.2 Å². The summed E-state index contributed by atoms with van der Waals surface area (Å²) in [4.78, 5) is 11.9. The van der Waals surface area contributed by atoms with E-state index in [1.165, 1.54) is 0 Å². The number of hydrogen-bond acceptors (Lipinski definition) is 3. The summed E-state index contributed by atoms with van der Waals surface area (Å²) in [7, 11) is 0. The average Bonchev–Trinajstić information content (AvgIpc) is 2.45. The van der Waals surface area contributed by atoms with Gasteiger partial charge in [0.2, 0.25) is 5.91 Å². The maximum Gasteiger partial charge on any atom is 0.237 e. The van der Waals surface area contributed by atoms with Gasteiger partial charge in [-0.2, -0.15) is 5.26 Å². The Morgan fingerprint density at radius 1 is 1.35 bits per heavy atom. The Balaban J connectivity index is 2.31. The van der Waals surface area contributed by atoms with Crippen molar-refractivity contribution < 1.29 is 9.53 Å². The van der Waals surface area contributed by atoms with Gasteiger partial charge in [-0.15, -0.1) is 0 Å². The molecule has 0 heterocycles. The number of rotatable bonds is 8. The summed E-state index contributed by atoms with van der Waals surface area (Å²) < 4.78 is 5.38. The highest BCUT2D eigenvalue weighted by atomic mass is 16.5. The van der Waals surface area contributed by atoms with Crippen LogP contribution in [0.2, 0.25) is 0 Å². The zero-order valence-corrected chi connectivity index (χ0v) is 12.1. The van der Waals surface area contributed by atoms with Crippen LogP contribution < -0.4 is 5.32 Å². The maximum atomic E-state index is 11.9. The molecule has 0 radical (unpaired) electrons. The first-order valence-corrected chi connectivity index (χ1v) is 6.92. The number of benzene rings is 1. The van der Waals surface area contributed by atoms with Crippen LogP contribution in [0.4, 0.5) is 0 Å². The van der Waals surface area contributed by atoms with Crippen LogP contribution in [-0.2, 0) is 16.0 Å². The topological polar surface area (TPSA) is 62.1 Å². The lowest BCUT2D eigenvalue weighted by molar-refractivity contribution is -0.123. The zero-order chi connectivity index (χ0) is 14.8. The Morgan fingerprint density at radius 2 is 2.05 bits per heavy atom. The molecule has 1 rings (SSSR count). The number of hydrogen-bond donors (Lipinski definition) is 1. The van der Waals surface area contributed by atoms with Crippen LogP contribution in [0.1, 0.15) is 19.4 Å². The molecule has 20 heavy (non-hydrogen) atoms.